The normalized spacial score (nSPS) is 12.3. The Hall–Kier alpha value is -2.55. The van der Waals surface area contributed by atoms with Crippen molar-refractivity contribution in [3.05, 3.63) is 46.6 Å². The van der Waals surface area contributed by atoms with Gasteiger partial charge in [-0.1, -0.05) is 12.1 Å². The van der Waals surface area contributed by atoms with E-state index in [1.54, 1.807) is 11.7 Å². The minimum absolute atomic E-state index is 0.392. The molecule has 0 aliphatic heterocycles. The smallest absolute Gasteiger partial charge is 0.244 e. The summed E-state index contributed by atoms with van der Waals surface area (Å²) >= 11 is 3.34. The van der Waals surface area contributed by atoms with Crippen LogP contribution in [-0.2, 0) is 11.8 Å². The number of halogens is 2. The van der Waals surface area contributed by atoms with Crippen LogP contribution in [0.4, 0.5) is 10.2 Å². The molecule has 3 aromatic rings. The van der Waals surface area contributed by atoms with Crippen LogP contribution in [0, 0.1) is 5.82 Å². The fraction of sp³-hybridized carbons (Fsp3) is 0.143. The van der Waals surface area contributed by atoms with Gasteiger partial charge in [0, 0.05) is 7.05 Å². The van der Waals surface area contributed by atoms with Crippen LogP contribution in [0.5, 0.6) is 0 Å². The average Bonchev–Trinajstić information content (AvgIpc) is 2.81. The van der Waals surface area contributed by atoms with E-state index < -0.39 is 17.8 Å². The van der Waals surface area contributed by atoms with Crippen molar-refractivity contribution < 1.29 is 9.18 Å². The Bertz CT molecular complexity index is 879. The van der Waals surface area contributed by atoms with E-state index in [1.807, 2.05) is 0 Å². The Balaban J connectivity index is 2.04. The third-order valence-electron chi connectivity index (χ3n) is 3.35. The van der Waals surface area contributed by atoms with Crippen LogP contribution >= 0.6 is 15.9 Å². The molecule has 3 rings (SSSR count). The molecule has 2 aromatic heterocycles. The Morgan fingerprint density at radius 3 is 2.70 bits per heavy atom. The van der Waals surface area contributed by atoms with Crippen molar-refractivity contribution in [1.29, 1.82) is 0 Å². The molecule has 1 amide bonds. The number of amides is 1. The monoisotopic (exact) mass is 378 g/mol. The number of aromatic nitrogens is 4. The quantitative estimate of drug-likeness (QED) is 0.722. The van der Waals surface area contributed by atoms with E-state index in [-0.39, 0.29) is 0 Å². The molecule has 1 atom stereocenters. The number of anilines is 1. The number of primary amides is 1. The molecule has 7 nitrogen and oxygen atoms in total. The van der Waals surface area contributed by atoms with Crippen molar-refractivity contribution in [3.63, 3.8) is 0 Å². The highest BCUT2D eigenvalue weighted by Gasteiger charge is 2.21. The number of fused-ring (bicyclic) bond motifs is 1. The average molecular weight is 379 g/mol. The molecular formula is C14H12BrFN6O. The first-order chi connectivity index (χ1) is 11.0. The summed E-state index contributed by atoms with van der Waals surface area (Å²) in [5, 5.41) is 7.82. The lowest BCUT2D eigenvalue weighted by atomic mass is 10.1. The predicted octanol–water partition coefficient (Wildman–Crippen LogP) is 1.90. The van der Waals surface area contributed by atoms with E-state index in [0.717, 1.165) is 0 Å². The summed E-state index contributed by atoms with van der Waals surface area (Å²) in [6.45, 7) is 0. The van der Waals surface area contributed by atoms with Crippen molar-refractivity contribution in [1.82, 2.24) is 19.7 Å². The second-order valence-electron chi connectivity index (χ2n) is 4.87. The maximum absolute atomic E-state index is 13.1. The molecular weight excluding hydrogens is 367 g/mol. The van der Waals surface area contributed by atoms with Gasteiger partial charge >= 0.3 is 0 Å². The number of hydrogen-bond donors (Lipinski definition) is 2. The number of carbonyl (C=O) groups excluding carboxylic acids is 1. The van der Waals surface area contributed by atoms with Gasteiger partial charge in [0.1, 0.15) is 28.6 Å². The topological polar surface area (TPSA) is 98.7 Å². The van der Waals surface area contributed by atoms with Crippen LogP contribution in [0.1, 0.15) is 11.6 Å². The van der Waals surface area contributed by atoms with Crippen molar-refractivity contribution in [3.8, 4) is 0 Å². The molecule has 118 valence electrons. The standard InChI is InChI=1S/C14H12BrFN6O/c1-22-14-9(11(15)21-22)13(18-6-19-14)20-10(12(17)23)7-2-4-8(16)5-3-7/h2-6,10H,1H3,(H2,17,23)(H,18,19,20). The van der Waals surface area contributed by atoms with Gasteiger partial charge < -0.3 is 11.1 Å². The van der Waals surface area contributed by atoms with Gasteiger partial charge in [0.25, 0.3) is 0 Å². The number of benzene rings is 1. The summed E-state index contributed by atoms with van der Waals surface area (Å²) in [7, 11) is 1.75. The largest absolute Gasteiger partial charge is 0.368 e. The fourth-order valence-electron chi connectivity index (χ4n) is 2.26. The van der Waals surface area contributed by atoms with Crippen LogP contribution in [0.2, 0.25) is 0 Å². The highest BCUT2D eigenvalue weighted by molar-refractivity contribution is 9.10. The molecule has 0 bridgehead atoms. The summed E-state index contributed by atoms with van der Waals surface area (Å²) in [4.78, 5) is 20.1. The Morgan fingerprint density at radius 1 is 1.35 bits per heavy atom. The van der Waals surface area contributed by atoms with Gasteiger partial charge in [0.05, 0.1) is 5.39 Å². The number of nitrogens with one attached hydrogen (secondary N) is 1. The number of carbonyl (C=O) groups is 1. The van der Waals surface area contributed by atoms with Gasteiger partial charge in [-0.25, -0.2) is 19.0 Å². The molecule has 9 heteroatoms. The van der Waals surface area contributed by atoms with E-state index in [2.05, 4.69) is 36.3 Å². The highest BCUT2D eigenvalue weighted by Crippen LogP contribution is 2.29. The van der Waals surface area contributed by atoms with E-state index in [1.165, 1.54) is 30.6 Å². The summed E-state index contributed by atoms with van der Waals surface area (Å²) in [6, 6.07) is 4.66. The minimum Gasteiger partial charge on any atom is -0.368 e. The summed E-state index contributed by atoms with van der Waals surface area (Å²) in [5.74, 6) is -0.595. The number of nitrogens with zero attached hydrogens (tertiary/aromatic N) is 4. The zero-order valence-electron chi connectivity index (χ0n) is 12.0. The van der Waals surface area contributed by atoms with Crippen molar-refractivity contribution in [2.75, 3.05) is 5.32 Å². The van der Waals surface area contributed by atoms with E-state index in [9.17, 15) is 9.18 Å². The molecule has 3 N–H and O–H groups in total. The number of nitrogens with two attached hydrogens (primary N) is 1. The summed E-state index contributed by atoms with van der Waals surface area (Å²) in [6.07, 6.45) is 1.36. The first-order valence-corrected chi connectivity index (χ1v) is 7.41. The maximum Gasteiger partial charge on any atom is 0.244 e. The third-order valence-corrected chi connectivity index (χ3v) is 3.90. The molecule has 0 saturated carbocycles. The van der Waals surface area contributed by atoms with Crippen molar-refractivity contribution >= 4 is 38.7 Å². The Kier molecular flexibility index (Phi) is 3.95. The molecule has 0 radical (unpaired) electrons. The van der Waals surface area contributed by atoms with Crippen molar-refractivity contribution in [2.45, 2.75) is 6.04 Å². The summed E-state index contributed by atoms with van der Waals surface area (Å²) < 4.78 is 15.2. The molecule has 0 saturated heterocycles. The van der Waals surface area contributed by atoms with Crippen LogP contribution in [-0.4, -0.2) is 25.7 Å². The first kappa shape index (κ1) is 15.3. The van der Waals surface area contributed by atoms with Gasteiger partial charge in [0.15, 0.2) is 5.65 Å². The van der Waals surface area contributed by atoms with Gasteiger partial charge in [-0.15, -0.1) is 0 Å². The van der Waals surface area contributed by atoms with E-state index in [0.29, 0.717) is 27.0 Å². The van der Waals surface area contributed by atoms with E-state index >= 15 is 0 Å². The number of hydrogen-bond acceptors (Lipinski definition) is 5. The molecule has 1 aromatic carbocycles. The lowest BCUT2D eigenvalue weighted by Gasteiger charge is -2.17. The predicted molar refractivity (Wildman–Crippen MR) is 86.0 cm³/mol. The Morgan fingerprint density at radius 2 is 2.04 bits per heavy atom. The lowest BCUT2D eigenvalue weighted by Crippen LogP contribution is -2.28. The molecule has 0 aliphatic rings. The second kappa shape index (κ2) is 5.92. The van der Waals surface area contributed by atoms with Gasteiger partial charge in [-0.05, 0) is 33.6 Å². The van der Waals surface area contributed by atoms with Crippen LogP contribution in [0.15, 0.2) is 35.2 Å². The number of aryl methyl sites for hydroxylation is 1. The van der Waals surface area contributed by atoms with Gasteiger partial charge in [0.2, 0.25) is 5.91 Å². The molecule has 2 heterocycles. The SMILES string of the molecule is Cn1nc(Br)c2c(NC(C(N)=O)c3ccc(F)cc3)ncnc21. The Labute approximate surface area is 138 Å². The molecule has 1 unspecified atom stereocenters. The fourth-order valence-corrected chi connectivity index (χ4v) is 2.86. The van der Waals surface area contributed by atoms with E-state index in [4.69, 9.17) is 5.73 Å². The number of rotatable bonds is 4. The maximum atomic E-state index is 13.1. The molecule has 0 spiro atoms. The highest BCUT2D eigenvalue weighted by atomic mass is 79.9. The van der Waals surface area contributed by atoms with Crippen molar-refractivity contribution in [2.24, 2.45) is 12.8 Å². The third kappa shape index (κ3) is 2.87. The summed E-state index contributed by atoms with van der Waals surface area (Å²) in [5.41, 5.74) is 6.60. The molecule has 0 fully saturated rings. The van der Waals surface area contributed by atoms with Crippen LogP contribution < -0.4 is 11.1 Å². The zero-order chi connectivity index (χ0) is 16.6. The second-order valence-corrected chi connectivity index (χ2v) is 5.62. The minimum atomic E-state index is -0.860. The lowest BCUT2D eigenvalue weighted by molar-refractivity contribution is -0.118. The van der Waals surface area contributed by atoms with Gasteiger partial charge in [-0.2, -0.15) is 5.10 Å². The molecule has 23 heavy (non-hydrogen) atoms. The first-order valence-electron chi connectivity index (χ1n) is 6.62. The zero-order valence-corrected chi connectivity index (χ0v) is 13.6. The molecule has 0 aliphatic carbocycles. The van der Waals surface area contributed by atoms with Crippen LogP contribution in [0.25, 0.3) is 11.0 Å². The van der Waals surface area contributed by atoms with Crippen LogP contribution in [0.3, 0.4) is 0 Å². The van der Waals surface area contributed by atoms with Gasteiger partial charge in [-0.3, -0.25) is 4.79 Å².